The Kier molecular flexibility index (Phi) is 1.89. The molecule has 1 aliphatic heterocycles. The third-order valence-corrected chi connectivity index (χ3v) is 1.37. The highest BCUT2D eigenvalue weighted by atomic mass is 16.2. The summed E-state index contributed by atoms with van der Waals surface area (Å²) in [4.78, 5) is 10.1. The van der Waals surface area contributed by atoms with Crippen molar-refractivity contribution in [2.45, 2.75) is 12.8 Å². The number of carbonyl (C=O) groups is 1. The first-order chi connectivity index (χ1) is 4.29. The minimum absolute atomic E-state index is 0.711. The van der Waals surface area contributed by atoms with E-state index in [4.69, 9.17) is 5.73 Å². The molecule has 2 N–H and O–H groups in total. The normalized spacial score (nSPS) is 20.0. The third-order valence-electron chi connectivity index (χ3n) is 1.37. The van der Waals surface area contributed by atoms with E-state index in [2.05, 4.69) is 5.43 Å². The van der Waals surface area contributed by atoms with Crippen molar-refractivity contribution < 1.29 is 4.79 Å². The predicted octanol–water partition coefficient (Wildman–Crippen LogP) is -0.0103. The first-order valence-corrected chi connectivity index (χ1v) is 3.06. The highest BCUT2D eigenvalue weighted by Gasteiger charge is 2.11. The average Bonchev–Trinajstić information content (AvgIpc) is 2.15. The zero-order chi connectivity index (χ0) is 6.69. The van der Waals surface area contributed by atoms with Crippen molar-refractivity contribution in [3.8, 4) is 0 Å². The predicted molar refractivity (Wildman–Crippen MR) is 32.4 cm³/mol. The molecule has 0 atom stereocenters. The van der Waals surface area contributed by atoms with Gasteiger partial charge in [-0.15, -0.1) is 0 Å². The SMILES string of the molecule is [NH]C(=O)NN1CCCC1. The fourth-order valence-corrected chi connectivity index (χ4v) is 0.973. The molecule has 0 unspecified atom stereocenters. The molecule has 0 spiro atoms. The molecule has 0 bridgehead atoms. The Labute approximate surface area is 54.0 Å². The number of carbonyl (C=O) groups excluding carboxylic acids is 1. The minimum Gasteiger partial charge on any atom is -0.269 e. The van der Waals surface area contributed by atoms with Crippen molar-refractivity contribution in [2.75, 3.05) is 13.1 Å². The lowest BCUT2D eigenvalue weighted by atomic mass is 10.4. The standard InChI is InChI=1S/C5H10N3O/c6-5(9)7-8-3-1-2-4-8/h6H,1-4H2,(H,7,9). The number of hydrogen-bond acceptors (Lipinski definition) is 2. The molecular weight excluding hydrogens is 118 g/mol. The van der Waals surface area contributed by atoms with E-state index in [9.17, 15) is 4.79 Å². The molecule has 4 nitrogen and oxygen atoms in total. The van der Waals surface area contributed by atoms with Crippen molar-refractivity contribution in [3.63, 3.8) is 0 Å². The van der Waals surface area contributed by atoms with E-state index < -0.39 is 6.03 Å². The number of amides is 2. The number of nitrogens with one attached hydrogen (secondary N) is 2. The van der Waals surface area contributed by atoms with Crippen LogP contribution < -0.4 is 11.2 Å². The van der Waals surface area contributed by atoms with E-state index in [-0.39, 0.29) is 0 Å². The van der Waals surface area contributed by atoms with Gasteiger partial charge in [-0.2, -0.15) is 0 Å². The van der Waals surface area contributed by atoms with Crippen molar-refractivity contribution in [1.82, 2.24) is 16.2 Å². The Morgan fingerprint density at radius 2 is 2.00 bits per heavy atom. The van der Waals surface area contributed by atoms with Gasteiger partial charge in [0.1, 0.15) is 0 Å². The summed E-state index contributed by atoms with van der Waals surface area (Å²) < 4.78 is 0. The summed E-state index contributed by atoms with van der Waals surface area (Å²) >= 11 is 0. The Hall–Kier alpha value is -0.770. The van der Waals surface area contributed by atoms with Crippen molar-refractivity contribution in [2.24, 2.45) is 0 Å². The van der Waals surface area contributed by atoms with Crippen LogP contribution in [0.5, 0.6) is 0 Å². The van der Waals surface area contributed by atoms with Crippen LogP contribution in [0.3, 0.4) is 0 Å². The second-order valence-electron chi connectivity index (χ2n) is 2.14. The maximum atomic E-state index is 10.1. The maximum Gasteiger partial charge on any atom is 0.348 e. The molecule has 1 radical (unpaired) electrons. The Morgan fingerprint density at radius 1 is 1.44 bits per heavy atom. The summed E-state index contributed by atoms with van der Waals surface area (Å²) in [6.45, 7) is 1.79. The van der Waals surface area contributed by atoms with Crippen LogP contribution in [0.2, 0.25) is 0 Å². The highest BCUT2D eigenvalue weighted by molar-refractivity contribution is 5.70. The van der Waals surface area contributed by atoms with Gasteiger partial charge in [0.05, 0.1) is 0 Å². The minimum atomic E-state index is -0.711. The van der Waals surface area contributed by atoms with E-state index in [0.29, 0.717) is 0 Å². The molecule has 1 rings (SSSR count). The van der Waals surface area contributed by atoms with Gasteiger partial charge >= 0.3 is 6.03 Å². The molecule has 4 heteroatoms. The van der Waals surface area contributed by atoms with Gasteiger partial charge < -0.3 is 0 Å². The van der Waals surface area contributed by atoms with E-state index in [0.717, 1.165) is 25.9 Å². The number of hydrogen-bond donors (Lipinski definition) is 1. The van der Waals surface area contributed by atoms with Gasteiger partial charge in [0.15, 0.2) is 0 Å². The molecule has 0 saturated carbocycles. The molecule has 1 saturated heterocycles. The largest absolute Gasteiger partial charge is 0.348 e. The lowest BCUT2D eigenvalue weighted by Gasteiger charge is -2.12. The molecule has 2 amide bonds. The number of hydrazine groups is 1. The monoisotopic (exact) mass is 128 g/mol. The second-order valence-corrected chi connectivity index (χ2v) is 2.14. The van der Waals surface area contributed by atoms with Crippen molar-refractivity contribution in [3.05, 3.63) is 0 Å². The maximum absolute atomic E-state index is 10.1. The number of nitrogens with zero attached hydrogens (tertiary/aromatic N) is 1. The topological polar surface area (TPSA) is 56.1 Å². The van der Waals surface area contributed by atoms with Crippen LogP contribution in [0.25, 0.3) is 0 Å². The van der Waals surface area contributed by atoms with Crippen LogP contribution in [-0.2, 0) is 0 Å². The summed E-state index contributed by atoms with van der Waals surface area (Å²) in [5.74, 6) is 0. The van der Waals surface area contributed by atoms with Crippen LogP contribution >= 0.6 is 0 Å². The first-order valence-electron chi connectivity index (χ1n) is 3.06. The van der Waals surface area contributed by atoms with Gasteiger partial charge in [-0.25, -0.2) is 15.5 Å². The molecule has 1 aliphatic rings. The number of rotatable bonds is 1. The smallest absolute Gasteiger partial charge is 0.269 e. The molecule has 51 valence electrons. The molecule has 1 fully saturated rings. The second kappa shape index (κ2) is 2.68. The Balaban J connectivity index is 2.19. The molecule has 1 heterocycles. The van der Waals surface area contributed by atoms with Gasteiger partial charge in [-0.3, -0.25) is 5.43 Å². The van der Waals surface area contributed by atoms with Gasteiger partial charge in [0, 0.05) is 13.1 Å². The quantitative estimate of drug-likeness (QED) is 0.540. The fourth-order valence-electron chi connectivity index (χ4n) is 0.973. The van der Waals surface area contributed by atoms with E-state index >= 15 is 0 Å². The molecule has 0 aromatic heterocycles. The van der Waals surface area contributed by atoms with Crippen LogP contribution in [-0.4, -0.2) is 24.1 Å². The van der Waals surface area contributed by atoms with Gasteiger partial charge in [0.25, 0.3) is 0 Å². The van der Waals surface area contributed by atoms with Crippen LogP contribution in [0.4, 0.5) is 4.79 Å². The van der Waals surface area contributed by atoms with E-state index in [1.807, 2.05) is 0 Å². The van der Waals surface area contributed by atoms with E-state index in [1.54, 1.807) is 5.01 Å². The zero-order valence-electron chi connectivity index (χ0n) is 5.18. The van der Waals surface area contributed by atoms with Crippen molar-refractivity contribution >= 4 is 6.03 Å². The van der Waals surface area contributed by atoms with E-state index in [1.165, 1.54) is 0 Å². The van der Waals surface area contributed by atoms with Gasteiger partial charge in [0.2, 0.25) is 0 Å². The average molecular weight is 128 g/mol. The summed E-state index contributed by atoms with van der Waals surface area (Å²) in [5.41, 5.74) is 8.95. The summed E-state index contributed by atoms with van der Waals surface area (Å²) in [5, 5.41) is 1.77. The number of urea groups is 1. The Bertz CT molecular complexity index is 109. The molecular formula is C5H10N3O. The fraction of sp³-hybridized carbons (Fsp3) is 0.800. The lowest BCUT2D eigenvalue weighted by molar-refractivity contribution is 0.204. The Morgan fingerprint density at radius 3 is 2.44 bits per heavy atom. The van der Waals surface area contributed by atoms with Crippen molar-refractivity contribution in [1.29, 1.82) is 0 Å². The molecule has 9 heavy (non-hydrogen) atoms. The molecule has 0 aromatic carbocycles. The first kappa shape index (κ1) is 6.35. The summed E-state index contributed by atoms with van der Waals surface area (Å²) in [7, 11) is 0. The molecule has 0 aromatic rings. The van der Waals surface area contributed by atoms with Gasteiger partial charge in [-0.05, 0) is 12.8 Å². The third kappa shape index (κ3) is 1.89. The summed E-state index contributed by atoms with van der Waals surface area (Å²) in [6.07, 6.45) is 2.25. The molecule has 0 aliphatic carbocycles. The highest BCUT2D eigenvalue weighted by Crippen LogP contribution is 2.02. The summed E-state index contributed by atoms with van der Waals surface area (Å²) in [6, 6.07) is -0.711. The van der Waals surface area contributed by atoms with Crippen LogP contribution in [0, 0.1) is 0 Å². The van der Waals surface area contributed by atoms with Gasteiger partial charge in [-0.1, -0.05) is 0 Å². The zero-order valence-corrected chi connectivity index (χ0v) is 5.18. The van der Waals surface area contributed by atoms with Crippen LogP contribution in [0.1, 0.15) is 12.8 Å². The lowest BCUT2D eigenvalue weighted by Crippen LogP contribution is -2.39. The van der Waals surface area contributed by atoms with Crippen LogP contribution in [0.15, 0.2) is 0 Å².